The first-order valence-corrected chi connectivity index (χ1v) is 10.2. The molecule has 0 spiro atoms. The number of amides is 2. The molecule has 2 atom stereocenters. The Labute approximate surface area is 165 Å². The zero-order chi connectivity index (χ0) is 19.7. The van der Waals surface area contributed by atoms with Gasteiger partial charge in [0.2, 0.25) is 0 Å². The van der Waals surface area contributed by atoms with Crippen LogP contribution in [0.15, 0.2) is 24.3 Å². The average molecular weight is 381 g/mol. The van der Waals surface area contributed by atoms with Crippen molar-refractivity contribution >= 4 is 11.8 Å². The Morgan fingerprint density at radius 1 is 1.07 bits per heavy atom. The number of rotatable bonds is 7. The number of carbonyl (C=O) groups excluding carboxylic acids is 2. The van der Waals surface area contributed by atoms with Crippen molar-refractivity contribution in [3.8, 4) is 0 Å². The van der Waals surface area contributed by atoms with Gasteiger partial charge in [-0.15, -0.1) is 10.2 Å². The molecule has 2 amide bonds. The maximum atomic E-state index is 12.4. The first-order chi connectivity index (χ1) is 13.6. The molecule has 1 aromatic heterocycles. The number of aryl methyl sites for hydroxylation is 1. The van der Waals surface area contributed by atoms with Gasteiger partial charge in [0.1, 0.15) is 11.6 Å². The molecule has 1 N–H and O–H groups in total. The van der Waals surface area contributed by atoms with Gasteiger partial charge in [0.15, 0.2) is 0 Å². The van der Waals surface area contributed by atoms with E-state index < -0.39 is 0 Å². The van der Waals surface area contributed by atoms with E-state index in [-0.39, 0.29) is 23.9 Å². The van der Waals surface area contributed by atoms with E-state index in [1.54, 1.807) is 24.3 Å². The molecule has 2 aliphatic rings. The van der Waals surface area contributed by atoms with Crippen LogP contribution in [-0.2, 0) is 13.0 Å². The van der Waals surface area contributed by atoms with Gasteiger partial charge in [-0.3, -0.25) is 14.5 Å². The van der Waals surface area contributed by atoms with Crippen molar-refractivity contribution in [1.29, 1.82) is 0 Å². The normalized spacial score (nSPS) is 18.1. The molecule has 0 saturated carbocycles. The molecule has 2 aromatic rings. The van der Waals surface area contributed by atoms with Gasteiger partial charge in [-0.05, 0) is 51.7 Å². The number of benzene rings is 1. The van der Waals surface area contributed by atoms with Gasteiger partial charge in [-0.1, -0.05) is 12.1 Å². The van der Waals surface area contributed by atoms with Crippen molar-refractivity contribution in [2.24, 2.45) is 0 Å². The van der Waals surface area contributed by atoms with E-state index in [9.17, 15) is 9.59 Å². The minimum absolute atomic E-state index is 0.119. The summed E-state index contributed by atoms with van der Waals surface area (Å²) in [5.41, 5.74) is 1.03. The third-order valence-electron chi connectivity index (χ3n) is 5.71. The monoisotopic (exact) mass is 381 g/mol. The van der Waals surface area contributed by atoms with E-state index in [0.717, 1.165) is 37.5 Å². The number of imide groups is 1. The fourth-order valence-corrected chi connectivity index (χ4v) is 4.23. The summed E-state index contributed by atoms with van der Waals surface area (Å²) in [4.78, 5) is 26.2. The minimum atomic E-state index is -0.176. The highest BCUT2D eigenvalue weighted by atomic mass is 16.2. The predicted octanol–water partition coefficient (Wildman–Crippen LogP) is 2.73. The van der Waals surface area contributed by atoms with Crippen LogP contribution in [0.2, 0.25) is 0 Å². The van der Waals surface area contributed by atoms with Crippen LogP contribution in [0.1, 0.15) is 77.9 Å². The Balaban J connectivity index is 1.28. The minimum Gasteiger partial charge on any atom is -0.314 e. The van der Waals surface area contributed by atoms with Crippen LogP contribution in [0.25, 0.3) is 0 Å². The quantitative estimate of drug-likeness (QED) is 0.746. The third kappa shape index (κ3) is 3.46. The van der Waals surface area contributed by atoms with Gasteiger partial charge < -0.3 is 9.88 Å². The fraction of sp³-hybridized carbons (Fsp3) is 0.524. The van der Waals surface area contributed by atoms with Gasteiger partial charge in [-0.2, -0.15) is 0 Å². The Hall–Kier alpha value is -2.54. The van der Waals surface area contributed by atoms with E-state index in [4.69, 9.17) is 0 Å². The van der Waals surface area contributed by atoms with Crippen molar-refractivity contribution in [2.75, 3.05) is 6.54 Å². The summed E-state index contributed by atoms with van der Waals surface area (Å²) in [5.74, 6) is 1.74. The van der Waals surface area contributed by atoms with E-state index in [1.165, 1.54) is 17.7 Å². The first kappa shape index (κ1) is 18.8. The second-order valence-electron chi connectivity index (χ2n) is 7.82. The lowest BCUT2D eigenvalue weighted by molar-refractivity contribution is 0.0650. The number of hydrogen-bond donors (Lipinski definition) is 1. The molecule has 0 aliphatic carbocycles. The second-order valence-corrected chi connectivity index (χ2v) is 7.82. The molecule has 1 aromatic carbocycles. The molecule has 7 heteroatoms. The van der Waals surface area contributed by atoms with Crippen molar-refractivity contribution in [3.63, 3.8) is 0 Å². The summed E-state index contributed by atoms with van der Waals surface area (Å²) in [6.07, 6.45) is 5.02. The average Bonchev–Trinajstić information content (AvgIpc) is 3.23. The molecule has 0 radical (unpaired) electrons. The molecule has 2 aliphatic heterocycles. The molecule has 4 rings (SSSR count). The Kier molecular flexibility index (Phi) is 5.26. The zero-order valence-electron chi connectivity index (χ0n) is 16.5. The SMILES string of the molecule is C[C@H](CCCN1C(=O)c2ccccc2C1=O)N[C@H](C)c1nnc2n1CCCC2. The van der Waals surface area contributed by atoms with E-state index in [2.05, 4.69) is 33.9 Å². The largest absolute Gasteiger partial charge is 0.314 e. The van der Waals surface area contributed by atoms with E-state index in [0.29, 0.717) is 17.7 Å². The molecular weight excluding hydrogens is 354 g/mol. The molecular formula is C21H27N5O2. The summed E-state index contributed by atoms with van der Waals surface area (Å²) in [5, 5.41) is 12.3. The summed E-state index contributed by atoms with van der Waals surface area (Å²) in [6, 6.07) is 7.41. The summed E-state index contributed by atoms with van der Waals surface area (Å²) >= 11 is 0. The number of hydrogen-bond acceptors (Lipinski definition) is 5. The Morgan fingerprint density at radius 3 is 2.50 bits per heavy atom. The highest BCUT2D eigenvalue weighted by Gasteiger charge is 2.34. The molecule has 7 nitrogen and oxygen atoms in total. The third-order valence-corrected chi connectivity index (χ3v) is 5.71. The van der Waals surface area contributed by atoms with Crippen LogP contribution in [0, 0.1) is 0 Å². The molecule has 148 valence electrons. The van der Waals surface area contributed by atoms with Crippen LogP contribution >= 0.6 is 0 Å². The lowest BCUT2D eigenvalue weighted by atomic mass is 10.1. The number of aromatic nitrogens is 3. The lowest BCUT2D eigenvalue weighted by Crippen LogP contribution is -2.34. The van der Waals surface area contributed by atoms with Gasteiger partial charge in [0, 0.05) is 25.6 Å². The maximum Gasteiger partial charge on any atom is 0.261 e. The van der Waals surface area contributed by atoms with Crippen LogP contribution in [0.4, 0.5) is 0 Å². The van der Waals surface area contributed by atoms with Gasteiger partial charge in [0.25, 0.3) is 11.8 Å². The fourth-order valence-electron chi connectivity index (χ4n) is 4.23. The smallest absolute Gasteiger partial charge is 0.261 e. The van der Waals surface area contributed by atoms with Crippen molar-refractivity contribution in [1.82, 2.24) is 25.0 Å². The molecule has 0 unspecified atom stereocenters. The van der Waals surface area contributed by atoms with Crippen LogP contribution in [-0.4, -0.2) is 44.1 Å². The predicted molar refractivity (Wildman–Crippen MR) is 105 cm³/mol. The number of fused-ring (bicyclic) bond motifs is 2. The number of carbonyl (C=O) groups is 2. The summed E-state index contributed by atoms with van der Waals surface area (Å²) in [6.45, 7) is 5.70. The van der Waals surface area contributed by atoms with Crippen molar-refractivity contribution in [3.05, 3.63) is 47.0 Å². The van der Waals surface area contributed by atoms with E-state index >= 15 is 0 Å². The lowest BCUT2D eigenvalue weighted by Gasteiger charge is -2.22. The van der Waals surface area contributed by atoms with Crippen molar-refractivity contribution in [2.45, 2.75) is 64.6 Å². The highest BCUT2D eigenvalue weighted by Crippen LogP contribution is 2.23. The van der Waals surface area contributed by atoms with Crippen LogP contribution < -0.4 is 5.32 Å². The molecule has 0 saturated heterocycles. The standard InChI is InChI=1S/C21H27N5O2/c1-14(22-15(2)19-24-23-18-11-5-6-12-25(18)19)8-7-13-26-20(27)16-9-3-4-10-17(16)21(26)28/h3-4,9-10,14-15,22H,5-8,11-13H2,1-2H3/t14-,15-/m1/s1. The van der Waals surface area contributed by atoms with Crippen molar-refractivity contribution < 1.29 is 9.59 Å². The van der Waals surface area contributed by atoms with Gasteiger partial charge in [-0.25, -0.2) is 0 Å². The molecule has 3 heterocycles. The topological polar surface area (TPSA) is 80.1 Å². The maximum absolute atomic E-state index is 12.4. The Morgan fingerprint density at radius 2 is 1.79 bits per heavy atom. The molecule has 0 fully saturated rings. The van der Waals surface area contributed by atoms with Gasteiger partial charge in [0.05, 0.1) is 17.2 Å². The first-order valence-electron chi connectivity index (χ1n) is 10.2. The van der Waals surface area contributed by atoms with E-state index in [1.807, 2.05) is 0 Å². The van der Waals surface area contributed by atoms with Crippen LogP contribution in [0.3, 0.4) is 0 Å². The molecule has 0 bridgehead atoms. The summed E-state index contributed by atoms with van der Waals surface area (Å²) in [7, 11) is 0. The second kappa shape index (κ2) is 7.83. The highest BCUT2D eigenvalue weighted by molar-refractivity contribution is 6.21. The van der Waals surface area contributed by atoms with Crippen LogP contribution in [0.5, 0.6) is 0 Å². The molecule has 28 heavy (non-hydrogen) atoms. The van der Waals surface area contributed by atoms with Gasteiger partial charge >= 0.3 is 0 Å². The number of nitrogens with zero attached hydrogens (tertiary/aromatic N) is 4. The number of nitrogens with one attached hydrogen (secondary N) is 1. The summed E-state index contributed by atoms with van der Waals surface area (Å²) < 4.78 is 2.24. The Bertz CT molecular complexity index is 856. The zero-order valence-corrected chi connectivity index (χ0v) is 16.5.